The zero-order valence-electron chi connectivity index (χ0n) is 20.6. The van der Waals surface area contributed by atoms with Gasteiger partial charge in [-0.15, -0.1) is 0 Å². The molecule has 0 heterocycles. The SMILES string of the molecule is C/C=C(\C)C[C@@H](C)C1CCC2C3CCC4C[C@@](C)(CCC)CCC4C3CCC21C. The molecule has 0 aromatic rings. The molecule has 0 heteroatoms. The smallest absolute Gasteiger partial charge is 0.0264 e. The second-order valence-electron chi connectivity index (χ2n) is 12.8. The Morgan fingerprint density at radius 3 is 2.45 bits per heavy atom. The zero-order chi connectivity index (χ0) is 20.8. The van der Waals surface area contributed by atoms with Crippen LogP contribution in [0.4, 0.5) is 0 Å². The minimum Gasteiger partial charge on any atom is -0.0887 e. The van der Waals surface area contributed by atoms with Crippen LogP contribution in [0.3, 0.4) is 0 Å². The topological polar surface area (TPSA) is 0 Å². The molecule has 4 fully saturated rings. The fourth-order valence-corrected chi connectivity index (χ4v) is 9.76. The second-order valence-corrected chi connectivity index (χ2v) is 12.8. The van der Waals surface area contributed by atoms with E-state index in [0.717, 1.165) is 41.4 Å². The fraction of sp³-hybridized carbons (Fsp3) is 0.931. The van der Waals surface area contributed by atoms with Gasteiger partial charge in [-0.1, -0.05) is 45.8 Å². The van der Waals surface area contributed by atoms with E-state index < -0.39 is 0 Å². The molecule has 4 aliphatic rings. The van der Waals surface area contributed by atoms with Crippen LogP contribution in [0.5, 0.6) is 0 Å². The minimum absolute atomic E-state index is 0.646. The van der Waals surface area contributed by atoms with Crippen molar-refractivity contribution in [1.82, 2.24) is 0 Å². The van der Waals surface area contributed by atoms with Crippen LogP contribution < -0.4 is 0 Å². The minimum atomic E-state index is 0.646. The van der Waals surface area contributed by atoms with Gasteiger partial charge in [0.1, 0.15) is 0 Å². The van der Waals surface area contributed by atoms with Crippen LogP contribution in [0.25, 0.3) is 0 Å². The summed E-state index contributed by atoms with van der Waals surface area (Å²) in [5.74, 6) is 7.21. The summed E-state index contributed by atoms with van der Waals surface area (Å²) < 4.78 is 0. The molecule has 0 saturated heterocycles. The van der Waals surface area contributed by atoms with Gasteiger partial charge in [0, 0.05) is 0 Å². The third-order valence-electron chi connectivity index (χ3n) is 11.1. The highest BCUT2D eigenvalue weighted by Crippen LogP contribution is 2.66. The lowest BCUT2D eigenvalue weighted by Gasteiger charge is -2.58. The van der Waals surface area contributed by atoms with Gasteiger partial charge in [0.2, 0.25) is 0 Å². The van der Waals surface area contributed by atoms with E-state index in [9.17, 15) is 0 Å². The highest BCUT2D eigenvalue weighted by atomic mass is 14.6. The summed E-state index contributed by atoms with van der Waals surface area (Å²) in [6.07, 6.45) is 20.5. The van der Waals surface area contributed by atoms with Gasteiger partial charge in [-0.25, -0.2) is 0 Å². The standard InChI is InChI=1S/C29H50/c1-7-15-28(5)16-13-23-22(19-28)9-10-25-24(23)14-17-29(6)26(11-12-27(25)29)21(4)18-20(3)8-2/h8,21-27H,7,9-19H2,1-6H3/b20-8+/t21-,22?,23?,24?,25?,26?,27?,28+,29?/m1/s1. The van der Waals surface area contributed by atoms with Crippen molar-refractivity contribution in [1.29, 1.82) is 0 Å². The highest BCUT2D eigenvalue weighted by Gasteiger charge is 2.58. The van der Waals surface area contributed by atoms with Crippen molar-refractivity contribution in [2.45, 2.75) is 119 Å². The summed E-state index contributed by atoms with van der Waals surface area (Å²) in [4.78, 5) is 0. The van der Waals surface area contributed by atoms with Crippen LogP contribution in [-0.2, 0) is 0 Å². The van der Waals surface area contributed by atoms with E-state index >= 15 is 0 Å². The Labute approximate surface area is 182 Å². The second kappa shape index (κ2) is 8.35. The average molecular weight is 399 g/mol. The first-order chi connectivity index (χ1) is 13.8. The number of hydrogen-bond acceptors (Lipinski definition) is 0. The maximum absolute atomic E-state index is 2.73. The lowest BCUT2D eigenvalue weighted by atomic mass is 9.47. The van der Waals surface area contributed by atoms with Crippen LogP contribution in [0, 0.1) is 52.3 Å². The molecule has 0 N–H and O–H groups in total. The summed E-state index contributed by atoms with van der Waals surface area (Å²) in [6, 6.07) is 0. The van der Waals surface area contributed by atoms with E-state index in [2.05, 4.69) is 47.6 Å². The van der Waals surface area contributed by atoms with Gasteiger partial charge >= 0.3 is 0 Å². The third kappa shape index (κ3) is 3.89. The summed E-state index contributed by atoms with van der Waals surface area (Å²) in [5, 5.41) is 0. The summed E-state index contributed by atoms with van der Waals surface area (Å²) in [5.41, 5.74) is 2.92. The maximum Gasteiger partial charge on any atom is -0.0264 e. The molecule has 0 aromatic heterocycles. The van der Waals surface area contributed by atoms with Crippen LogP contribution in [0.1, 0.15) is 119 Å². The Kier molecular flexibility index (Phi) is 6.32. The van der Waals surface area contributed by atoms with Crippen LogP contribution in [0.2, 0.25) is 0 Å². The van der Waals surface area contributed by atoms with Crippen molar-refractivity contribution in [3.05, 3.63) is 11.6 Å². The predicted molar refractivity (Wildman–Crippen MR) is 127 cm³/mol. The molecule has 0 nitrogen and oxygen atoms in total. The summed E-state index contributed by atoms with van der Waals surface area (Å²) in [7, 11) is 0. The van der Waals surface area contributed by atoms with Crippen molar-refractivity contribution in [3.63, 3.8) is 0 Å². The van der Waals surface area contributed by atoms with Crippen molar-refractivity contribution in [2.75, 3.05) is 0 Å². The highest BCUT2D eigenvalue weighted by molar-refractivity contribution is 5.08. The molecule has 0 amide bonds. The molecule has 0 spiro atoms. The molecular formula is C29H50. The Bertz CT molecular complexity index is 601. The molecule has 0 aromatic carbocycles. The normalized spacial score (nSPS) is 48.6. The number of allylic oxidation sites excluding steroid dienone is 2. The first kappa shape index (κ1) is 22.0. The lowest BCUT2D eigenvalue weighted by Crippen LogP contribution is -2.50. The Morgan fingerprint density at radius 1 is 0.966 bits per heavy atom. The van der Waals surface area contributed by atoms with Gasteiger partial charge in [0.05, 0.1) is 0 Å². The Morgan fingerprint density at radius 2 is 1.72 bits per heavy atom. The maximum atomic E-state index is 2.73. The van der Waals surface area contributed by atoms with E-state index in [4.69, 9.17) is 0 Å². The summed E-state index contributed by atoms with van der Waals surface area (Å²) >= 11 is 0. The average Bonchev–Trinajstić information content (AvgIpc) is 3.04. The summed E-state index contributed by atoms with van der Waals surface area (Å²) in [6.45, 7) is 14.9. The lowest BCUT2D eigenvalue weighted by molar-refractivity contribution is -0.0834. The molecule has 9 atom stereocenters. The largest absolute Gasteiger partial charge is 0.0887 e. The first-order valence-electron chi connectivity index (χ1n) is 13.4. The fourth-order valence-electron chi connectivity index (χ4n) is 9.76. The van der Waals surface area contributed by atoms with Gasteiger partial charge in [0.15, 0.2) is 0 Å². The van der Waals surface area contributed by atoms with E-state index in [0.29, 0.717) is 10.8 Å². The zero-order valence-corrected chi connectivity index (χ0v) is 20.6. The van der Waals surface area contributed by atoms with Crippen molar-refractivity contribution in [3.8, 4) is 0 Å². The van der Waals surface area contributed by atoms with Crippen molar-refractivity contribution >= 4 is 0 Å². The quantitative estimate of drug-likeness (QED) is 0.405. The van der Waals surface area contributed by atoms with E-state index in [-0.39, 0.29) is 0 Å². The Hall–Kier alpha value is -0.260. The Balaban J connectivity index is 1.46. The molecule has 0 aliphatic heterocycles. The number of hydrogen-bond donors (Lipinski definition) is 0. The van der Waals surface area contributed by atoms with E-state index in [1.807, 2.05) is 0 Å². The van der Waals surface area contributed by atoms with Crippen LogP contribution in [0.15, 0.2) is 11.6 Å². The van der Waals surface area contributed by atoms with Crippen LogP contribution in [-0.4, -0.2) is 0 Å². The molecule has 0 bridgehead atoms. The number of fused-ring (bicyclic) bond motifs is 5. The van der Waals surface area contributed by atoms with Gasteiger partial charge < -0.3 is 0 Å². The molecule has 4 aliphatic carbocycles. The van der Waals surface area contributed by atoms with Gasteiger partial charge in [0.25, 0.3) is 0 Å². The van der Waals surface area contributed by atoms with Gasteiger partial charge in [-0.2, -0.15) is 0 Å². The predicted octanol–water partition coefficient (Wildman–Crippen LogP) is 9.05. The van der Waals surface area contributed by atoms with Gasteiger partial charge in [-0.05, 0) is 137 Å². The van der Waals surface area contributed by atoms with Crippen molar-refractivity contribution in [2.24, 2.45) is 52.3 Å². The molecule has 29 heavy (non-hydrogen) atoms. The molecule has 4 saturated carbocycles. The molecule has 166 valence electrons. The number of rotatable bonds is 5. The molecule has 4 rings (SSSR count). The van der Waals surface area contributed by atoms with Crippen molar-refractivity contribution < 1.29 is 0 Å². The van der Waals surface area contributed by atoms with E-state index in [1.165, 1.54) is 38.5 Å². The van der Waals surface area contributed by atoms with Crippen LogP contribution >= 0.6 is 0 Å². The molecule has 7 unspecified atom stereocenters. The molecular weight excluding hydrogens is 348 g/mol. The third-order valence-corrected chi connectivity index (χ3v) is 11.1. The first-order valence-corrected chi connectivity index (χ1v) is 13.4. The monoisotopic (exact) mass is 398 g/mol. The van der Waals surface area contributed by atoms with E-state index in [1.54, 1.807) is 44.1 Å². The van der Waals surface area contributed by atoms with Gasteiger partial charge in [-0.3, -0.25) is 0 Å². The molecule has 0 radical (unpaired) electrons.